The Bertz CT molecular complexity index is 1330. The first-order valence-corrected chi connectivity index (χ1v) is 14.1. The Hall–Kier alpha value is -3.17. The van der Waals surface area contributed by atoms with Gasteiger partial charge in [0.1, 0.15) is 10.0 Å². The maximum absolute atomic E-state index is 13.4. The van der Waals surface area contributed by atoms with Crippen LogP contribution in [0.1, 0.15) is 81.2 Å². The number of thiophene rings is 1. The van der Waals surface area contributed by atoms with Gasteiger partial charge < -0.3 is 15.3 Å². The number of nitrogens with one attached hydrogen (secondary N) is 1. The fourth-order valence-electron chi connectivity index (χ4n) is 4.23. The maximum atomic E-state index is 13.4. The van der Waals surface area contributed by atoms with Gasteiger partial charge in [0.25, 0.3) is 11.8 Å². The van der Waals surface area contributed by atoms with Gasteiger partial charge in [-0.3, -0.25) is 9.59 Å². The zero-order chi connectivity index (χ0) is 26.7. The summed E-state index contributed by atoms with van der Waals surface area (Å²) >= 11 is 2.79. The van der Waals surface area contributed by atoms with Gasteiger partial charge in [0.05, 0.1) is 17.7 Å². The molecule has 7 nitrogen and oxygen atoms in total. The first-order chi connectivity index (χ1) is 17.6. The number of pyridine rings is 1. The molecule has 2 N–H and O–H groups in total. The first kappa shape index (κ1) is 26.9. The van der Waals surface area contributed by atoms with Gasteiger partial charge in [-0.05, 0) is 59.4 Å². The van der Waals surface area contributed by atoms with Crippen LogP contribution in [0.15, 0.2) is 47.6 Å². The molecule has 0 spiro atoms. The summed E-state index contributed by atoms with van der Waals surface area (Å²) in [5.41, 5.74) is 2.90. The van der Waals surface area contributed by atoms with Crippen molar-refractivity contribution in [2.45, 2.75) is 57.5 Å². The normalized spacial score (nSPS) is 13.2. The Morgan fingerprint density at radius 2 is 1.89 bits per heavy atom. The summed E-state index contributed by atoms with van der Waals surface area (Å²) in [5, 5.41) is 13.8. The highest BCUT2D eigenvalue weighted by molar-refractivity contribution is 7.99. The molecule has 0 fully saturated rings. The fourth-order valence-corrected chi connectivity index (χ4v) is 6.32. The molecule has 37 heavy (non-hydrogen) atoms. The van der Waals surface area contributed by atoms with Crippen LogP contribution in [0.5, 0.6) is 0 Å². The monoisotopic (exact) mass is 537 g/mol. The van der Waals surface area contributed by atoms with E-state index in [2.05, 4.69) is 38.0 Å². The summed E-state index contributed by atoms with van der Waals surface area (Å²) in [6, 6.07) is 10.9. The Labute approximate surface area is 225 Å². The van der Waals surface area contributed by atoms with Crippen LogP contribution in [0, 0.1) is 0 Å². The number of anilines is 1. The molecule has 3 heterocycles. The number of benzene rings is 1. The van der Waals surface area contributed by atoms with E-state index in [1.165, 1.54) is 11.3 Å². The second kappa shape index (κ2) is 11.1. The van der Waals surface area contributed by atoms with Crippen LogP contribution in [0.4, 0.5) is 5.00 Å². The van der Waals surface area contributed by atoms with Crippen LogP contribution in [0.25, 0.3) is 0 Å². The molecule has 1 aliphatic rings. The Balaban J connectivity index is 1.56. The molecule has 0 atom stereocenters. The fraction of sp³-hybridized carbons (Fsp3) is 0.357. The predicted octanol–water partition coefficient (Wildman–Crippen LogP) is 6.09. The molecule has 0 saturated heterocycles. The zero-order valence-electron chi connectivity index (χ0n) is 21.5. The molecule has 4 rings (SSSR count). The summed E-state index contributed by atoms with van der Waals surface area (Å²) in [7, 11) is 0. The number of carboxylic acid groups (broad SMARTS) is 1. The summed E-state index contributed by atoms with van der Waals surface area (Å²) in [5.74, 6) is -0.688. The smallest absolute Gasteiger partial charge is 0.339 e. The highest BCUT2D eigenvalue weighted by atomic mass is 32.2. The van der Waals surface area contributed by atoms with Crippen molar-refractivity contribution in [1.82, 2.24) is 9.88 Å². The third-order valence-electron chi connectivity index (χ3n) is 6.24. The lowest BCUT2D eigenvalue weighted by molar-refractivity contribution is 0.0696. The van der Waals surface area contributed by atoms with E-state index in [0.717, 1.165) is 22.6 Å². The number of nitrogens with zero attached hydrogens (tertiary/aromatic N) is 2. The number of aromatic nitrogens is 1. The predicted molar refractivity (Wildman–Crippen MR) is 148 cm³/mol. The van der Waals surface area contributed by atoms with Gasteiger partial charge in [0.15, 0.2) is 0 Å². The van der Waals surface area contributed by atoms with Crippen molar-refractivity contribution >= 4 is 45.9 Å². The minimum absolute atomic E-state index is 0.0349. The van der Waals surface area contributed by atoms with E-state index in [0.29, 0.717) is 46.2 Å². The number of carbonyl (C=O) groups excluding carboxylic acids is 2. The lowest BCUT2D eigenvalue weighted by Crippen LogP contribution is -2.36. The number of carboxylic acids is 1. The van der Waals surface area contributed by atoms with Gasteiger partial charge in [-0.15, -0.1) is 23.1 Å². The van der Waals surface area contributed by atoms with Crippen molar-refractivity contribution in [2.24, 2.45) is 0 Å². The van der Waals surface area contributed by atoms with Crippen LogP contribution in [0.3, 0.4) is 0 Å². The molecule has 2 aromatic heterocycles. The number of fused-ring (bicyclic) bond motifs is 1. The van der Waals surface area contributed by atoms with E-state index in [-0.39, 0.29) is 22.8 Å². The first-order valence-electron chi connectivity index (χ1n) is 12.3. The number of carbonyl (C=O) groups is 3. The summed E-state index contributed by atoms with van der Waals surface area (Å²) in [6.07, 6.45) is 3.07. The van der Waals surface area contributed by atoms with Crippen molar-refractivity contribution in [3.63, 3.8) is 0 Å². The van der Waals surface area contributed by atoms with E-state index in [1.54, 1.807) is 47.1 Å². The lowest BCUT2D eigenvalue weighted by atomic mass is 9.87. The average Bonchev–Trinajstić information content (AvgIpc) is 3.24. The number of aromatic carboxylic acids is 1. The minimum Gasteiger partial charge on any atom is -0.478 e. The summed E-state index contributed by atoms with van der Waals surface area (Å²) < 4.78 is 0. The second-order valence-electron chi connectivity index (χ2n) is 9.98. The minimum atomic E-state index is -1.08. The number of hydrogen-bond donors (Lipinski definition) is 2. The average molecular weight is 538 g/mol. The van der Waals surface area contributed by atoms with Gasteiger partial charge in [-0.2, -0.15) is 0 Å². The van der Waals surface area contributed by atoms with Crippen LogP contribution in [-0.4, -0.2) is 45.1 Å². The second-order valence-corrected chi connectivity index (χ2v) is 12.2. The topological polar surface area (TPSA) is 99.6 Å². The molecule has 0 unspecified atom stereocenters. The van der Waals surface area contributed by atoms with Crippen LogP contribution >= 0.6 is 23.1 Å². The van der Waals surface area contributed by atoms with Crippen molar-refractivity contribution in [1.29, 1.82) is 0 Å². The zero-order valence-corrected chi connectivity index (χ0v) is 23.1. The van der Waals surface area contributed by atoms with E-state index in [1.807, 2.05) is 12.1 Å². The van der Waals surface area contributed by atoms with Gasteiger partial charge in [0, 0.05) is 23.2 Å². The van der Waals surface area contributed by atoms with Gasteiger partial charge in [-0.25, -0.2) is 9.78 Å². The number of amides is 2. The van der Waals surface area contributed by atoms with E-state index in [4.69, 9.17) is 0 Å². The third-order valence-corrected chi connectivity index (χ3v) is 8.59. The maximum Gasteiger partial charge on any atom is 0.339 e. The van der Waals surface area contributed by atoms with Crippen LogP contribution < -0.4 is 5.32 Å². The van der Waals surface area contributed by atoms with E-state index in [9.17, 15) is 19.5 Å². The van der Waals surface area contributed by atoms with Gasteiger partial charge >= 0.3 is 5.97 Å². The molecule has 194 valence electrons. The van der Waals surface area contributed by atoms with E-state index < -0.39 is 5.97 Å². The Morgan fingerprint density at radius 1 is 1.16 bits per heavy atom. The molecule has 0 bridgehead atoms. The molecule has 1 aromatic carbocycles. The van der Waals surface area contributed by atoms with E-state index >= 15 is 0 Å². The van der Waals surface area contributed by atoms with Crippen LogP contribution in [-0.2, 0) is 18.4 Å². The molecular weight excluding hydrogens is 506 g/mol. The summed E-state index contributed by atoms with van der Waals surface area (Å²) in [6.45, 7) is 9.08. The molecular formula is C28H31N3O4S2. The quantitative estimate of drug-likeness (QED) is 0.354. The SMILES string of the molecule is CCCSc1ncccc1C(=O)N1CCc2c(sc(NC(=O)c3ccc(C(C)(C)C)cc3)c2C(=O)O)C1. The molecule has 1 aliphatic heterocycles. The number of thioether (sulfide) groups is 1. The van der Waals surface area contributed by atoms with Crippen molar-refractivity contribution in [3.8, 4) is 0 Å². The van der Waals surface area contributed by atoms with Crippen molar-refractivity contribution in [2.75, 3.05) is 17.6 Å². The largest absolute Gasteiger partial charge is 0.478 e. The molecule has 0 radical (unpaired) electrons. The van der Waals surface area contributed by atoms with Gasteiger partial charge in [0.2, 0.25) is 0 Å². The number of rotatable bonds is 7. The number of hydrogen-bond acceptors (Lipinski definition) is 6. The molecule has 3 aromatic rings. The molecule has 2 amide bonds. The van der Waals surface area contributed by atoms with Crippen molar-refractivity contribution < 1.29 is 19.5 Å². The van der Waals surface area contributed by atoms with Gasteiger partial charge in [-0.1, -0.05) is 39.8 Å². The van der Waals surface area contributed by atoms with Crippen LogP contribution in [0.2, 0.25) is 0 Å². The lowest BCUT2D eigenvalue weighted by Gasteiger charge is -2.27. The standard InChI is InChI=1S/C28H31N3O4S2/c1-5-15-36-24-20(7-6-13-29-24)26(33)31-14-12-19-21(16-31)37-25(22(19)27(34)35)30-23(32)17-8-10-18(11-9-17)28(2,3)4/h6-11,13H,5,12,14-16H2,1-4H3,(H,30,32)(H,34,35). The Morgan fingerprint density at radius 3 is 2.54 bits per heavy atom. The highest BCUT2D eigenvalue weighted by Gasteiger charge is 2.31. The highest BCUT2D eigenvalue weighted by Crippen LogP contribution is 2.38. The molecule has 0 saturated carbocycles. The molecule has 9 heteroatoms. The third kappa shape index (κ3) is 5.88. The molecule has 0 aliphatic carbocycles. The van der Waals surface area contributed by atoms with Crippen molar-refractivity contribution in [3.05, 3.63) is 75.3 Å². The summed E-state index contributed by atoms with van der Waals surface area (Å²) in [4.78, 5) is 45.4. The Kier molecular flexibility index (Phi) is 8.04.